The monoisotopic (exact) mass is 789 g/mol. The lowest BCUT2D eigenvalue weighted by Gasteiger charge is -2.14. The van der Waals surface area contributed by atoms with Gasteiger partial charge in [-0.15, -0.1) is 0 Å². The van der Waals surface area contributed by atoms with Crippen LogP contribution >= 0.6 is 42.7 Å². The third-order valence-corrected chi connectivity index (χ3v) is 8.98. The van der Waals surface area contributed by atoms with E-state index < -0.39 is 30.0 Å². The van der Waals surface area contributed by atoms with Crippen molar-refractivity contribution < 1.29 is 39.3 Å². The number of rotatable bonds is 30. The quantitative estimate of drug-likeness (QED) is 0.0233. The molecular formula is C35H72N3O8PS3. The highest BCUT2D eigenvalue weighted by Gasteiger charge is 2.21. The largest absolute Gasteiger partial charge is 0.481 e. The van der Waals surface area contributed by atoms with Gasteiger partial charge >= 0.3 is 17.9 Å². The summed E-state index contributed by atoms with van der Waals surface area (Å²) < 4.78 is 0. The molecule has 3 atom stereocenters. The minimum absolute atomic E-state index is 0.0117. The number of carbonyl (C=O) groups is 5. The number of hydrogen-bond acceptors (Lipinski definition) is 9. The fourth-order valence-corrected chi connectivity index (χ4v) is 4.86. The zero-order valence-corrected chi connectivity index (χ0v) is 35.5. The van der Waals surface area contributed by atoms with Gasteiger partial charge in [-0.05, 0) is 63.5 Å². The second-order valence-corrected chi connectivity index (χ2v) is 15.3. The summed E-state index contributed by atoms with van der Waals surface area (Å²) in [7, 11) is 5.73. The number of carboxylic acids is 3. The average molecular weight is 790 g/mol. The van der Waals surface area contributed by atoms with Crippen LogP contribution in [0.25, 0.3) is 0 Å². The number of hydrogen-bond donors (Lipinski definition) is 6. The van der Waals surface area contributed by atoms with Gasteiger partial charge in [-0.3, -0.25) is 24.3 Å². The van der Waals surface area contributed by atoms with Crippen molar-refractivity contribution in [3.63, 3.8) is 0 Å². The van der Waals surface area contributed by atoms with Crippen LogP contribution < -0.4 is 15.7 Å². The molecule has 0 aromatic carbocycles. The first-order valence-electron chi connectivity index (χ1n) is 18.2. The van der Waals surface area contributed by atoms with Gasteiger partial charge in [0.1, 0.15) is 12.1 Å². The Balaban J connectivity index is -0.00000105. The average Bonchev–Trinajstić information content (AvgIpc) is 3.08. The van der Waals surface area contributed by atoms with Crippen molar-refractivity contribution in [2.75, 3.05) is 31.6 Å². The lowest BCUT2D eigenvalue weighted by atomic mass is 10.0. The Kier molecular flexibility index (Phi) is 50.9. The molecule has 298 valence electrons. The second-order valence-electron chi connectivity index (χ2n) is 11.5. The van der Waals surface area contributed by atoms with Gasteiger partial charge in [0.2, 0.25) is 11.8 Å². The first-order chi connectivity index (χ1) is 24.0. The molecule has 0 heterocycles. The van der Waals surface area contributed by atoms with E-state index in [4.69, 9.17) is 10.2 Å². The third kappa shape index (κ3) is 46.8. The summed E-state index contributed by atoms with van der Waals surface area (Å²) in [6.45, 7) is 4.38. The number of unbranched alkanes of at least 4 members (excludes halogenated alkanes) is 14. The van der Waals surface area contributed by atoms with E-state index >= 15 is 0 Å². The summed E-state index contributed by atoms with van der Waals surface area (Å²) in [4.78, 5) is 57.1. The molecule has 0 saturated heterocycles. The molecule has 2 amide bonds. The number of thioether (sulfide) groups is 1. The highest BCUT2D eigenvalue weighted by Crippen LogP contribution is 2.14. The number of nitrogens with one attached hydrogen (secondary N) is 3. The van der Waals surface area contributed by atoms with E-state index in [1.165, 1.54) is 44.9 Å². The molecule has 0 aliphatic heterocycles. The summed E-state index contributed by atoms with van der Waals surface area (Å²) in [6, 6.07) is -1.75. The molecule has 0 bridgehead atoms. The van der Waals surface area contributed by atoms with Crippen molar-refractivity contribution in [3.8, 4) is 0 Å². The van der Waals surface area contributed by atoms with Crippen LogP contribution in [0.3, 0.4) is 0 Å². The van der Waals surface area contributed by atoms with E-state index in [9.17, 15) is 29.1 Å². The highest BCUT2D eigenvalue weighted by atomic mass is 33.1. The van der Waals surface area contributed by atoms with E-state index in [0.717, 1.165) is 38.5 Å². The summed E-state index contributed by atoms with van der Waals surface area (Å²) in [5.41, 5.74) is 0. The maximum atomic E-state index is 12.2. The van der Waals surface area contributed by atoms with Crippen LogP contribution in [0.4, 0.5) is 0 Å². The van der Waals surface area contributed by atoms with E-state index in [-0.39, 0.29) is 37.5 Å². The maximum Gasteiger partial charge on any atom is 0.326 e. The van der Waals surface area contributed by atoms with Crippen LogP contribution in [0, 0.1) is 0 Å². The molecule has 0 aliphatic rings. The molecule has 2 unspecified atom stereocenters. The normalized spacial score (nSPS) is 11.3. The molecule has 11 nitrogen and oxygen atoms in total. The van der Waals surface area contributed by atoms with Crippen LogP contribution in [0.15, 0.2) is 0 Å². The van der Waals surface area contributed by atoms with Crippen molar-refractivity contribution in [1.29, 1.82) is 0 Å². The lowest BCUT2D eigenvalue weighted by molar-refractivity contribution is -0.142. The molecule has 0 aliphatic carbocycles. The van der Waals surface area contributed by atoms with E-state index in [0.29, 0.717) is 32.2 Å². The predicted octanol–water partition coefficient (Wildman–Crippen LogP) is 8.41. The Hall–Kier alpha value is -1.21. The van der Waals surface area contributed by atoms with Gasteiger partial charge in [-0.2, -0.15) is 11.8 Å². The van der Waals surface area contributed by atoms with Gasteiger partial charge in [-0.25, -0.2) is 4.79 Å². The molecule has 0 aromatic rings. The summed E-state index contributed by atoms with van der Waals surface area (Å²) in [5.74, 6) is -3.41. The highest BCUT2D eigenvalue weighted by molar-refractivity contribution is 8.76. The van der Waals surface area contributed by atoms with Crippen LogP contribution in [-0.2, 0) is 24.0 Å². The molecule has 6 N–H and O–H groups in total. The molecule has 0 spiro atoms. The minimum atomic E-state index is -1.16. The summed E-state index contributed by atoms with van der Waals surface area (Å²) in [5, 5.41) is 34.8. The predicted molar refractivity (Wildman–Crippen MR) is 219 cm³/mol. The minimum Gasteiger partial charge on any atom is -0.481 e. The number of carbonyl (C=O) groups excluding carboxylic acids is 2. The van der Waals surface area contributed by atoms with Gasteiger partial charge in [0, 0.05) is 25.8 Å². The molecule has 0 fully saturated rings. The van der Waals surface area contributed by atoms with Gasteiger partial charge in [0.15, 0.2) is 0 Å². The third-order valence-electron chi connectivity index (χ3n) is 7.25. The first-order valence-corrected chi connectivity index (χ1v) is 23.3. The van der Waals surface area contributed by atoms with Gasteiger partial charge in [-0.1, -0.05) is 122 Å². The Morgan fingerprint density at radius 2 is 0.940 bits per heavy atom. The molecule has 0 aromatic heterocycles. The zero-order chi connectivity index (χ0) is 38.8. The number of aliphatic carboxylic acids is 3. The van der Waals surface area contributed by atoms with Crippen molar-refractivity contribution >= 4 is 72.5 Å². The van der Waals surface area contributed by atoms with Crippen LogP contribution in [0.1, 0.15) is 149 Å². The van der Waals surface area contributed by atoms with Crippen LogP contribution in [0.2, 0.25) is 0 Å². The van der Waals surface area contributed by atoms with Gasteiger partial charge < -0.3 is 26.0 Å². The van der Waals surface area contributed by atoms with Crippen LogP contribution in [0.5, 0.6) is 0 Å². The molecule has 50 heavy (non-hydrogen) atoms. The fourth-order valence-electron chi connectivity index (χ4n) is 4.55. The Morgan fingerprint density at radius 1 is 0.540 bits per heavy atom. The molecule has 0 rings (SSSR count). The molecule has 0 radical (unpaired) electrons. The van der Waals surface area contributed by atoms with Crippen molar-refractivity contribution in [2.45, 2.75) is 161 Å². The van der Waals surface area contributed by atoms with Crippen molar-refractivity contribution in [2.24, 2.45) is 0 Å². The zero-order valence-electron chi connectivity index (χ0n) is 31.9. The fraction of sp³-hybridized carbons (Fsp3) is 0.857. The van der Waals surface area contributed by atoms with E-state index in [2.05, 4.69) is 37.6 Å². The second kappa shape index (κ2) is 45.8. The topological polar surface area (TPSA) is 182 Å². The van der Waals surface area contributed by atoms with Crippen molar-refractivity contribution in [3.05, 3.63) is 0 Å². The Morgan fingerprint density at radius 3 is 1.30 bits per heavy atom. The van der Waals surface area contributed by atoms with Crippen LogP contribution in [-0.4, -0.2) is 88.7 Å². The van der Waals surface area contributed by atoms with Gasteiger partial charge in [0.05, 0.1) is 0 Å². The Bertz CT molecular complexity index is 815. The van der Waals surface area contributed by atoms with E-state index in [1.54, 1.807) is 33.3 Å². The number of carboxylic acid groups (broad SMARTS) is 3. The molecular weight excluding hydrogens is 718 g/mol. The van der Waals surface area contributed by atoms with Gasteiger partial charge in [0.25, 0.3) is 0 Å². The molecule has 0 saturated carbocycles. The standard InChI is InChI=1S/C29H54N3O8P.C2H6S2.C2H6S.C2H6/c33-25(30-22-16-15-17-24(32-41)29(39)40)21-20-23(28(37)38)31-26(34)18-13-11-9-7-5-3-1-2-4-6-8-10-12-14-19-27(35)36;1-3-4-2;1-3-2;1-2/h23-24,32H,1-22,41H2,(H,30,33)(H,31,34)(H,35,36)(H,37,38)(H,39,40);1-2H3;1-2H3;1-2H3/t23-,24?;;;/m0.../s1. The summed E-state index contributed by atoms with van der Waals surface area (Å²) >= 11 is 1.75. The lowest BCUT2D eigenvalue weighted by Crippen LogP contribution is -2.41. The smallest absolute Gasteiger partial charge is 0.326 e. The number of amides is 2. The molecule has 15 heteroatoms. The van der Waals surface area contributed by atoms with Crippen molar-refractivity contribution in [1.82, 2.24) is 15.7 Å². The van der Waals surface area contributed by atoms with E-state index in [1.807, 2.05) is 26.4 Å². The summed E-state index contributed by atoms with van der Waals surface area (Å²) in [6.07, 6.45) is 25.7. The SMILES string of the molecule is CC.CSC.CSSC.O=C(O)CCCCCCCCCCCCCCCCC(=O)N[C@@H](CCC(=O)NCCCCC(NP)C(=O)O)C(=O)O. The first kappa shape index (κ1) is 55.5. The maximum absolute atomic E-state index is 12.2. The Labute approximate surface area is 318 Å².